The number of hydrogen-bond acceptors (Lipinski definition) is 3. The first-order valence-electron chi connectivity index (χ1n) is 7.49. The van der Waals surface area contributed by atoms with Crippen LogP contribution in [-0.4, -0.2) is 35.6 Å². The third-order valence-electron chi connectivity index (χ3n) is 3.98. The van der Waals surface area contributed by atoms with E-state index >= 15 is 0 Å². The molecule has 22 heavy (non-hydrogen) atoms. The van der Waals surface area contributed by atoms with Crippen molar-refractivity contribution in [2.75, 3.05) is 4.90 Å². The van der Waals surface area contributed by atoms with Crippen LogP contribution in [0, 0.1) is 0 Å². The molecule has 1 aromatic carbocycles. The van der Waals surface area contributed by atoms with Crippen LogP contribution in [0.3, 0.4) is 0 Å². The summed E-state index contributed by atoms with van der Waals surface area (Å²) in [4.78, 5) is 12.9. The largest absolute Gasteiger partial charge is 0.494 e. The smallest absolute Gasteiger partial charge is 0.465 e. The first-order chi connectivity index (χ1) is 10.0. The highest BCUT2D eigenvalue weighted by atomic mass is 16.7. The summed E-state index contributed by atoms with van der Waals surface area (Å²) in [5, 5.41) is 9.51. The molecule has 1 aromatic rings. The van der Waals surface area contributed by atoms with Gasteiger partial charge in [0.25, 0.3) is 0 Å². The standard InChI is InChI=1S/C16H24BNO4/c1-11-16(5,6)22-17(21-11)12-8-7-9-13(10-12)18(14(19)20)15(2,3)4/h7-11H,1-6H3,(H,19,20). The van der Waals surface area contributed by atoms with Gasteiger partial charge < -0.3 is 14.4 Å². The second-order valence-corrected chi connectivity index (χ2v) is 7.22. The van der Waals surface area contributed by atoms with Crippen molar-refractivity contribution < 1.29 is 19.2 Å². The molecule has 5 nitrogen and oxygen atoms in total. The van der Waals surface area contributed by atoms with Gasteiger partial charge in [-0.05, 0) is 59.1 Å². The maximum atomic E-state index is 11.6. The molecule has 0 radical (unpaired) electrons. The van der Waals surface area contributed by atoms with Gasteiger partial charge in [-0.25, -0.2) is 4.79 Å². The number of carbonyl (C=O) groups is 1. The van der Waals surface area contributed by atoms with E-state index in [0.717, 1.165) is 5.46 Å². The van der Waals surface area contributed by atoms with E-state index in [9.17, 15) is 9.90 Å². The first kappa shape index (κ1) is 16.8. The number of carboxylic acid groups (broad SMARTS) is 1. The van der Waals surface area contributed by atoms with Gasteiger partial charge in [-0.15, -0.1) is 0 Å². The van der Waals surface area contributed by atoms with E-state index in [1.54, 1.807) is 6.07 Å². The Balaban J connectivity index is 2.33. The van der Waals surface area contributed by atoms with Crippen LogP contribution in [0.2, 0.25) is 0 Å². The molecule has 0 spiro atoms. The molecule has 1 amide bonds. The summed E-state index contributed by atoms with van der Waals surface area (Å²) in [7, 11) is -0.472. The maximum Gasteiger partial charge on any atom is 0.494 e. The van der Waals surface area contributed by atoms with Crippen LogP contribution in [-0.2, 0) is 9.31 Å². The lowest BCUT2D eigenvalue weighted by atomic mass is 9.79. The highest BCUT2D eigenvalue weighted by Crippen LogP contribution is 2.28. The van der Waals surface area contributed by atoms with Crippen LogP contribution in [0.25, 0.3) is 0 Å². The molecule has 1 aliphatic rings. The summed E-state index contributed by atoms with van der Waals surface area (Å²) in [5.41, 5.74) is 0.540. The Morgan fingerprint density at radius 1 is 1.36 bits per heavy atom. The van der Waals surface area contributed by atoms with Crippen molar-refractivity contribution in [1.82, 2.24) is 0 Å². The summed E-state index contributed by atoms with van der Waals surface area (Å²) in [6, 6.07) is 7.32. The molecule has 1 aliphatic heterocycles. The van der Waals surface area contributed by atoms with Crippen LogP contribution >= 0.6 is 0 Å². The summed E-state index contributed by atoms with van der Waals surface area (Å²) in [6.45, 7) is 11.5. The van der Waals surface area contributed by atoms with E-state index in [0.29, 0.717) is 5.69 Å². The van der Waals surface area contributed by atoms with Gasteiger partial charge in [0.15, 0.2) is 0 Å². The molecule has 1 saturated heterocycles. The molecule has 1 atom stereocenters. The number of amides is 1. The Bertz CT molecular complexity index is 568. The van der Waals surface area contributed by atoms with Gasteiger partial charge in [-0.1, -0.05) is 12.1 Å². The second kappa shape index (κ2) is 5.59. The van der Waals surface area contributed by atoms with Gasteiger partial charge >= 0.3 is 13.2 Å². The van der Waals surface area contributed by atoms with Crippen LogP contribution in [0.4, 0.5) is 10.5 Å². The summed E-state index contributed by atoms with van der Waals surface area (Å²) < 4.78 is 11.8. The van der Waals surface area contributed by atoms with E-state index in [1.165, 1.54) is 4.90 Å². The van der Waals surface area contributed by atoms with E-state index in [-0.39, 0.29) is 11.7 Å². The van der Waals surface area contributed by atoms with E-state index in [1.807, 2.05) is 59.7 Å². The third kappa shape index (κ3) is 3.28. The lowest BCUT2D eigenvalue weighted by Crippen LogP contribution is -2.46. The molecular weight excluding hydrogens is 281 g/mol. The number of nitrogens with zero attached hydrogens (tertiary/aromatic N) is 1. The predicted molar refractivity (Wildman–Crippen MR) is 87.8 cm³/mol. The van der Waals surface area contributed by atoms with Crippen molar-refractivity contribution in [2.24, 2.45) is 0 Å². The molecule has 0 aliphatic carbocycles. The van der Waals surface area contributed by atoms with Gasteiger partial charge in [-0.2, -0.15) is 0 Å². The molecule has 6 heteroatoms. The molecule has 120 valence electrons. The van der Waals surface area contributed by atoms with E-state index < -0.39 is 18.8 Å². The van der Waals surface area contributed by atoms with Gasteiger partial charge in [-0.3, -0.25) is 4.90 Å². The lowest BCUT2D eigenvalue weighted by molar-refractivity contribution is 0.0842. The molecule has 0 bridgehead atoms. The van der Waals surface area contributed by atoms with Crippen molar-refractivity contribution in [3.63, 3.8) is 0 Å². The van der Waals surface area contributed by atoms with Crippen LogP contribution < -0.4 is 10.4 Å². The zero-order chi connectivity index (χ0) is 16.7. The van der Waals surface area contributed by atoms with Crippen molar-refractivity contribution in [3.05, 3.63) is 24.3 Å². The molecular formula is C16H24BNO4. The topological polar surface area (TPSA) is 59.0 Å². The number of hydrogen-bond donors (Lipinski definition) is 1. The molecule has 1 fully saturated rings. The Morgan fingerprint density at radius 2 is 2.00 bits per heavy atom. The highest BCUT2D eigenvalue weighted by molar-refractivity contribution is 6.62. The van der Waals surface area contributed by atoms with Gasteiger partial charge in [0.05, 0.1) is 11.7 Å². The Hall–Kier alpha value is -1.53. The SMILES string of the molecule is CC1OB(c2cccc(N(C(=O)O)C(C)(C)C)c2)OC1(C)C. The van der Waals surface area contributed by atoms with Crippen molar-refractivity contribution in [3.8, 4) is 0 Å². The first-order valence-corrected chi connectivity index (χ1v) is 7.49. The van der Waals surface area contributed by atoms with Crippen molar-refractivity contribution in [1.29, 1.82) is 0 Å². The fourth-order valence-electron chi connectivity index (χ4n) is 2.49. The molecule has 2 rings (SSSR count). The van der Waals surface area contributed by atoms with Gasteiger partial charge in [0.2, 0.25) is 0 Å². The minimum atomic E-state index is -0.980. The number of benzene rings is 1. The number of rotatable bonds is 2. The maximum absolute atomic E-state index is 11.6. The normalized spacial score (nSPS) is 21.0. The lowest BCUT2D eigenvalue weighted by Gasteiger charge is -2.33. The zero-order valence-corrected chi connectivity index (χ0v) is 14.1. The van der Waals surface area contributed by atoms with E-state index in [4.69, 9.17) is 9.31 Å². The summed E-state index contributed by atoms with van der Waals surface area (Å²) in [6.07, 6.45) is -1.01. The van der Waals surface area contributed by atoms with Crippen LogP contribution in [0.15, 0.2) is 24.3 Å². The van der Waals surface area contributed by atoms with Gasteiger partial charge in [0, 0.05) is 11.2 Å². The summed E-state index contributed by atoms with van der Waals surface area (Å²) in [5.74, 6) is 0. The monoisotopic (exact) mass is 305 g/mol. The fraction of sp³-hybridized carbons (Fsp3) is 0.562. The van der Waals surface area contributed by atoms with Crippen molar-refractivity contribution in [2.45, 2.75) is 58.8 Å². The van der Waals surface area contributed by atoms with E-state index in [2.05, 4.69) is 0 Å². The molecule has 0 saturated carbocycles. The average molecular weight is 305 g/mol. The number of anilines is 1. The fourth-order valence-corrected chi connectivity index (χ4v) is 2.49. The second-order valence-electron chi connectivity index (χ2n) is 7.22. The van der Waals surface area contributed by atoms with Crippen LogP contribution in [0.1, 0.15) is 41.5 Å². The van der Waals surface area contributed by atoms with Gasteiger partial charge in [0.1, 0.15) is 0 Å². The Kier molecular flexibility index (Phi) is 4.28. The molecule has 1 N–H and O–H groups in total. The van der Waals surface area contributed by atoms with Crippen molar-refractivity contribution >= 4 is 24.4 Å². The molecule has 1 unspecified atom stereocenters. The average Bonchev–Trinajstić information content (AvgIpc) is 2.62. The Morgan fingerprint density at radius 3 is 2.45 bits per heavy atom. The summed E-state index contributed by atoms with van der Waals surface area (Å²) >= 11 is 0. The Labute approximate surface area is 132 Å². The third-order valence-corrected chi connectivity index (χ3v) is 3.98. The predicted octanol–water partition coefficient (Wildman–Crippen LogP) is 2.88. The van der Waals surface area contributed by atoms with Crippen LogP contribution in [0.5, 0.6) is 0 Å². The zero-order valence-electron chi connectivity index (χ0n) is 14.1. The minimum absolute atomic E-state index is 0.0284. The molecule has 0 aromatic heterocycles. The highest BCUT2D eigenvalue weighted by Gasteiger charge is 2.44. The molecule has 1 heterocycles. The minimum Gasteiger partial charge on any atom is -0.465 e. The quantitative estimate of drug-likeness (QED) is 0.854.